The molecule has 0 heterocycles. The Morgan fingerprint density at radius 1 is 1.12 bits per heavy atom. The predicted octanol–water partition coefficient (Wildman–Crippen LogP) is 3.18. The Morgan fingerprint density at radius 3 is 2.00 bits per heavy atom. The van der Waals surface area contributed by atoms with Crippen molar-refractivity contribution in [3.63, 3.8) is 0 Å². The van der Waals surface area contributed by atoms with Crippen LogP contribution < -0.4 is 5.73 Å². The van der Waals surface area contributed by atoms with Crippen LogP contribution in [0.15, 0.2) is 28.7 Å². The first kappa shape index (κ1) is 13.7. The van der Waals surface area contributed by atoms with Gasteiger partial charge in [0.25, 0.3) is 0 Å². The number of halogens is 1. The Hall–Kier alpha value is -0.380. The van der Waals surface area contributed by atoms with Crippen LogP contribution in [0.4, 0.5) is 0 Å². The molecule has 0 aromatic heterocycles. The van der Waals surface area contributed by atoms with E-state index in [-0.39, 0.29) is 12.1 Å². The third kappa shape index (κ3) is 3.30. The van der Waals surface area contributed by atoms with E-state index in [4.69, 9.17) is 5.73 Å². The Balaban J connectivity index is 2.98. The number of nitrogens with zero attached hydrogens (tertiary/aromatic N) is 1. The molecule has 90 valence electrons. The van der Waals surface area contributed by atoms with E-state index >= 15 is 0 Å². The molecule has 0 fully saturated rings. The highest BCUT2D eigenvalue weighted by molar-refractivity contribution is 9.10. The van der Waals surface area contributed by atoms with Crippen molar-refractivity contribution in [2.75, 3.05) is 7.05 Å². The number of hydrogen-bond acceptors (Lipinski definition) is 2. The van der Waals surface area contributed by atoms with Gasteiger partial charge in [0.15, 0.2) is 0 Å². The van der Waals surface area contributed by atoms with E-state index in [2.05, 4.69) is 72.9 Å². The number of rotatable bonds is 4. The highest BCUT2D eigenvalue weighted by Crippen LogP contribution is 2.25. The monoisotopic (exact) mass is 284 g/mol. The molecule has 0 saturated heterocycles. The maximum atomic E-state index is 6.09. The minimum atomic E-state index is 0.119. The van der Waals surface area contributed by atoms with E-state index in [1.54, 1.807) is 0 Å². The van der Waals surface area contributed by atoms with Crippen molar-refractivity contribution in [1.82, 2.24) is 4.90 Å². The summed E-state index contributed by atoms with van der Waals surface area (Å²) >= 11 is 3.45. The molecule has 1 aromatic rings. The van der Waals surface area contributed by atoms with Crippen LogP contribution in [0.25, 0.3) is 0 Å². The molecule has 0 aliphatic carbocycles. The zero-order valence-corrected chi connectivity index (χ0v) is 12.0. The summed E-state index contributed by atoms with van der Waals surface area (Å²) in [6.45, 7) is 6.44. The maximum Gasteiger partial charge on any atom is 0.0496 e. The molecule has 2 atom stereocenters. The fourth-order valence-electron chi connectivity index (χ4n) is 1.89. The molecule has 2 N–H and O–H groups in total. The highest BCUT2D eigenvalue weighted by atomic mass is 79.9. The summed E-state index contributed by atoms with van der Waals surface area (Å²) in [6.07, 6.45) is 0. The van der Waals surface area contributed by atoms with E-state index in [9.17, 15) is 0 Å². The van der Waals surface area contributed by atoms with Crippen LogP contribution in [0.3, 0.4) is 0 Å². The van der Waals surface area contributed by atoms with Crippen LogP contribution in [-0.4, -0.2) is 24.0 Å². The van der Waals surface area contributed by atoms with Gasteiger partial charge in [0, 0.05) is 22.6 Å². The van der Waals surface area contributed by atoms with Crippen molar-refractivity contribution in [3.8, 4) is 0 Å². The fourth-order valence-corrected chi connectivity index (χ4v) is 2.16. The molecule has 16 heavy (non-hydrogen) atoms. The lowest BCUT2D eigenvalue weighted by Gasteiger charge is -2.34. The van der Waals surface area contributed by atoms with Gasteiger partial charge in [-0.15, -0.1) is 0 Å². The van der Waals surface area contributed by atoms with Gasteiger partial charge >= 0.3 is 0 Å². The van der Waals surface area contributed by atoms with E-state index < -0.39 is 0 Å². The molecule has 0 radical (unpaired) electrons. The number of benzene rings is 1. The summed E-state index contributed by atoms with van der Waals surface area (Å²) < 4.78 is 1.10. The van der Waals surface area contributed by atoms with E-state index in [0.29, 0.717) is 6.04 Å². The summed E-state index contributed by atoms with van der Waals surface area (Å²) in [7, 11) is 2.13. The predicted molar refractivity (Wildman–Crippen MR) is 73.4 cm³/mol. The largest absolute Gasteiger partial charge is 0.326 e. The Kier molecular flexibility index (Phi) is 4.96. The van der Waals surface area contributed by atoms with Gasteiger partial charge in [-0.2, -0.15) is 0 Å². The van der Waals surface area contributed by atoms with Crippen molar-refractivity contribution >= 4 is 15.9 Å². The molecule has 1 rings (SSSR count). The summed E-state index contributed by atoms with van der Waals surface area (Å²) in [5, 5.41) is 0. The fraction of sp³-hybridized carbons (Fsp3) is 0.538. The van der Waals surface area contributed by atoms with Crippen LogP contribution in [-0.2, 0) is 0 Å². The zero-order valence-electron chi connectivity index (χ0n) is 10.4. The molecule has 0 amide bonds. The van der Waals surface area contributed by atoms with Gasteiger partial charge in [-0.3, -0.25) is 4.90 Å². The lowest BCUT2D eigenvalue weighted by molar-refractivity contribution is 0.175. The van der Waals surface area contributed by atoms with Crippen LogP contribution in [0.5, 0.6) is 0 Å². The lowest BCUT2D eigenvalue weighted by atomic mass is 9.98. The Labute approximate surface area is 107 Å². The van der Waals surface area contributed by atoms with Crippen LogP contribution in [0.1, 0.15) is 32.4 Å². The molecule has 0 aliphatic rings. The first-order valence-corrected chi connectivity index (χ1v) is 6.45. The molecule has 0 saturated carbocycles. The number of likely N-dealkylation sites (N-methyl/N-ethyl adjacent to an activating group) is 1. The lowest BCUT2D eigenvalue weighted by Crippen LogP contribution is -2.40. The molecule has 2 unspecified atom stereocenters. The minimum Gasteiger partial charge on any atom is -0.326 e. The normalized spacial score (nSPS) is 15.5. The van der Waals surface area contributed by atoms with E-state index in [1.807, 2.05) is 0 Å². The average molecular weight is 285 g/mol. The first-order chi connectivity index (χ1) is 7.43. The standard InChI is InChI=1S/C13H21BrN2/c1-9(2)16(4)13(10(3)15)11-5-7-12(14)8-6-11/h5-10,13H,15H2,1-4H3. The second kappa shape index (κ2) is 5.80. The SMILES string of the molecule is CC(N)C(c1ccc(Br)cc1)N(C)C(C)C. The van der Waals surface area contributed by atoms with E-state index in [0.717, 1.165) is 4.47 Å². The molecule has 2 nitrogen and oxygen atoms in total. The quantitative estimate of drug-likeness (QED) is 0.920. The number of hydrogen-bond donors (Lipinski definition) is 1. The molecule has 0 spiro atoms. The first-order valence-electron chi connectivity index (χ1n) is 5.66. The van der Waals surface area contributed by atoms with Gasteiger partial charge in [-0.05, 0) is 45.5 Å². The molecule has 3 heteroatoms. The summed E-state index contributed by atoms with van der Waals surface area (Å²) in [5.74, 6) is 0. The molecular formula is C13H21BrN2. The van der Waals surface area contributed by atoms with Gasteiger partial charge in [-0.1, -0.05) is 28.1 Å². The van der Waals surface area contributed by atoms with Crippen LogP contribution in [0, 0.1) is 0 Å². The van der Waals surface area contributed by atoms with E-state index in [1.165, 1.54) is 5.56 Å². The van der Waals surface area contributed by atoms with Gasteiger partial charge in [-0.25, -0.2) is 0 Å². The topological polar surface area (TPSA) is 29.3 Å². The second-order valence-corrected chi connectivity index (χ2v) is 5.53. The Morgan fingerprint density at radius 2 is 1.62 bits per heavy atom. The van der Waals surface area contributed by atoms with Crippen molar-refractivity contribution < 1.29 is 0 Å². The second-order valence-electron chi connectivity index (χ2n) is 4.61. The minimum absolute atomic E-state index is 0.119. The summed E-state index contributed by atoms with van der Waals surface area (Å²) in [5.41, 5.74) is 7.36. The average Bonchev–Trinajstić information content (AvgIpc) is 2.20. The zero-order chi connectivity index (χ0) is 12.3. The molecular weight excluding hydrogens is 264 g/mol. The molecule has 1 aromatic carbocycles. The smallest absolute Gasteiger partial charge is 0.0496 e. The highest BCUT2D eigenvalue weighted by Gasteiger charge is 2.22. The maximum absolute atomic E-state index is 6.09. The van der Waals surface area contributed by atoms with Gasteiger partial charge in [0.1, 0.15) is 0 Å². The summed E-state index contributed by atoms with van der Waals surface area (Å²) in [6, 6.07) is 9.28. The molecule has 0 bridgehead atoms. The van der Waals surface area contributed by atoms with Crippen LogP contribution >= 0.6 is 15.9 Å². The third-order valence-corrected chi connectivity index (χ3v) is 3.49. The van der Waals surface area contributed by atoms with Gasteiger partial charge < -0.3 is 5.73 Å². The van der Waals surface area contributed by atoms with Gasteiger partial charge in [0.2, 0.25) is 0 Å². The van der Waals surface area contributed by atoms with Crippen molar-refractivity contribution in [2.45, 2.75) is 38.9 Å². The van der Waals surface area contributed by atoms with Crippen molar-refractivity contribution in [2.24, 2.45) is 5.73 Å². The third-order valence-electron chi connectivity index (χ3n) is 2.96. The number of nitrogens with two attached hydrogens (primary N) is 1. The van der Waals surface area contributed by atoms with Gasteiger partial charge in [0.05, 0.1) is 0 Å². The Bertz CT molecular complexity index is 319. The van der Waals surface area contributed by atoms with Crippen molar-refractivity contribution in [1.29, 1.82) is 0 Å². The van der Waals surface area contributed by atoms with Crippen LogP contribution in [0.2, 0.25) is 0 Å². The van der Waals surface area contributed by atoms with Crippen molar-refractivity contribution in [3.05, 3.63) is 34.3 Å². The summed E-state index contributed by atoms with van der Waals surface area (Å²) in [4.78, 5) is 2.31. The molecule has 0 aliphatic heterocycles.